The summed E-state index contributed by atoms with van der Waals surface area (Å²) in [4.78, 5) is 11.1. The lowest BCUT2D eigenvalue weighted by Gasteiger charge is -2.10. The van der Waals surface area contributed by atoms with Gasteiger partial charge < -0.3 is 5.11 Å². The van der Waals surface area contributed by atoms with Gasteiger partial charge in [0.1, 0.15) is 0 Å². The van der Waals surface area contributed by atoms with Crippen molar-refractivity contribution in [2.45, 2.75) is 26.3 Å². The van der Waals surface area contributed by atoms with Crippen LogP contribution in [0.15, 0.2) is 24.3 Å². The molecule has 0 aliphatic rings. The second-order valence-electron chi connectivity index (χ2n) is 4.57. The first kappa shape index (κ1) is 14.0. The monoisotopic (exact) mass is 371 g/mol. The van der Waals surface area contributed by atoms with Crippen LogP contribution < -0.4 is 0 Å². The number of carboxylic acid groups (broad SMARTS) is 1. The highest BCUT2D eigenvalue weighted by molar-refractivity contribution is 14.1. The van der Waals surface area contributed by atoms with Crippen LogP contribution in [-0.2, 0) is 6.54 Å². The molecule has 0 bridgehead atoms. The van der Waals surface area contributed by atoms with Crippen LogP contribution in [0.4, 0.5) is 0 Å². The van der Waals surface area contributed by atoms with Crippen LogP contribution in [0.2, 0.25) is 0 Å². The Kier molecular flexibility index (Phi) is 4.18. The van der Waals surface area contributed by atoms with E-state index in [-0.39, 0.29) is 11.6 Å². The van der Waals surface area contributed by atoms with E-state index in [0.717, 1.165) is 9.13 Å². The van der Waals surface area contributed by atoms with Gasteiger partial charge in [0.2, 0.25) is 0 Å². The van der Waals surface area contributed by atoms with Gasteiger partial charge in [0.05, 0.1) is 12.2 Å². The van der Waals surface area contributed by atoms with Gasteiger partial charge >= 0.3 is 5.97 Å². The molecule has 5 nitrogen and oxygen atoms in total. The van der Waals surface area contributed by atoms with Crippen molar-refractivity contribution in [3.05, 3.63) is 44.8 Å². The van der Waals surface area contributed by atoms with Crippen molar-refractivity contribution in [3.8, 4) is 0 Å². The van der Waals surface area contributed by atoms with E-state index in [4.69, 9.17) is 5.11 Å². The first-order valence-electron chi connectivity index (χ1n) is 5.90. The van der Waals surface area contributed by atoms with E-state index in [2.05, 4.69) is 32.9 Å². The zero-order chi connectivity index (χ0) is 14.0. The van der Waals surface area contributed by atoms with E-state index < -0.39 is 5.97 Å². The van der Waals surface area contributed by atoms with Crippen molar-refractivity contribution in [1.29, 1.82) is 0 Å². The number of halogens is 1. The van der Waals surface area contributed by atoms with Crippen molar-refractivity contribution in [3.63, 3.8) is 0 Å². The standard InChI is InChI=1S/C13H14IN3O2/c1-8(2)12-11(13(18)19)15-16-17(12)7-9-3-5-10(14)6-4-9/h3-6,8H,7H2,1-2H3,(H,18,19). The van der Waals surface area contributed by atoms with Crippen molar-refractivity contribution in [1.82, 2.24) is 15.0 Å². The lowest BCUT2D eigenvalue weighted by atomic mass is 10.1. The maximum Gasteiger partial charge on any atom is 0.358 e. The summed E-state index contributed by atoms with van der Waals surface area (Å²) in [5.41, 5.74) is 1.77. The molecule has 0 aliphatic carbocycles. The molecule has 6 heteroatoms. The largest absolute Gasteiger partial charge is 0.476 e. The molecule has 100 valence electrons. The fourth-order valence-electron chi connectivity index (χ4n) is 1.92. The molecular weight excluding hydrogens is 357 g/mol. The van der Waals surface area contributed by atoms with E-state index in [1.807, 2.05) is 38.1 Å². The van der Waals surface area contributed by atoms with Crippen LogP contribution in [0.3, 0.4) is 0 Å². The second kappa shape index (κ2) is 5.68. The topological polar surface area (TPSA) is 68.0 Å². The minimum atomic E-state index is -1.03. The zero-order valence-electron chi connectivity index (χ0n) is 10.7. The molecule has 0 unspecified atom stereocenters. The highest BCUT2D eigenvalue weighted by Crippen LogP contribution is 2.19. The van der Waals surface area contributed by atoms with Crippen LogP contribution in [-0.4, -0.2) is 26.1 Å². The van der Waals surface area contributed by atoms with Gasteiger partial charge in [0.25, 0.3) is 0 Å². The highest BCUT2D eigenvalue weighted by Gasteiger charge is 2.21. The molecule has 0 saturated carbocycles. The Morgan fingerprint density at radius 2 is 2.00 bits per heavy atom. The summed E-state index contributed by atoms with van der Waals surface area (Å²) < 4.78 is 2.83. The van der Waals surface area contributed by atoms with E-state index in [1.165, 1.54) is 0 Å². The number of nitrogens with zero attached hydrogens (tertiary/aromatic N) is 3. The van der Waals surface area contributed by atoms with Crippen LogP contribution in [0.5, 0.6) is 0 Å². The molecule has 2 rings (SSSR count). The number of rotatable bonds is 4. The van der Waals surface area contributed by atoms with Gasteiger partial charge in [-0.05, 0) is 46.2 Å². The smallest absolute Gasteiger partial charge is 0.358 e. The molecule has 1 aromatic carbocycles. The SMILES string of the molecule is CC(C)c1c(C(=O)O)nnn1Cc1ccc(I)cc1. The molecule has 0 atom stereocenters. The van der Waals surface area contributed by atoms with Gasteiger partial charge in [0, 0.05) is 3.57 Å². The fraction of sp³-hybridized carbons (Fsp3) is 0.308. The van der Waals surface area contributed by atoms with Crippen LogP contribution in [0.1, 0.15) is 41.5 Å². The minimum absolute atomic E-state index is 0.0421. The van der Waals surface area contributed by atoms with Crippen LogP contribution in [0.25, 0.3) is 0 Å². The average molecular weight is 371 g/mol. The van der Waals surface area contributed by atoms with Crippen molar-refractivity contribution < 1.29 is 9.90 Å². The second-order valence-corrected chi connectivity index (χ2v) is 5.81. The van der Waals surface area contributed by atoms with Crippen molar-refractivity contribution in [2.75, 3.05) is 0 Å². The predicted molar refractivity (Wildman–Crippen MR) is 79.3 cm³/mol. The van der Waals surface area contributed by atoms with Crippen molar-refractivity contribution >= 4 is 28.6 Å². The Morgan fingerprint density at radius 3 is 2.53 bits per heavy atom. The molecule has 2 aromatic rings. The summed E-state index contributed by atoms with van der Waals surface area (Å²) in [6.45, 7) is 4.41. The van der Waals surface area contributed by atoms with Gasteiger partial charge in [-0.25, -0.2) is 9.48 Å². The fourth-order valence-corrected chi connectivity index (χ4v) is 2.28. The lowest BCUT2D eigenvalue weighted by molar-refractivity contribution is 0.0688. The van der Waals surface area contributed by atoms with Gasteiger partial charge in [-0.3, -0.25) is 0 Å². The molecule has 1 aromatic heterocycles. The molecule has 1 N–H and O–H groups in total. The van der Waals surface area contributed by atoms with Crippen LogP contribution >= 0.6 is 22.6 Å². The third-order valence-corrected chi connectivity index (χ3v) is 3.49. The molecule has 0 radical (unpaired) electrons. The molecule has 19 heavy (non-hydrogen) atoms. The third kappa shape index (κ3) is 3.12. The Hall–Kier alpha value is -1.44. The molecule has 0 aliphatic heterocycles. The predicted octanol–water partition coefficient (Wildman–Crippen LogP) is 2.75. The Balaban J connectivity index is 2.35. The summed E-state index contributed by atoms with van der Waals surface area (Å²) >= 11 is 2.25. The maximum atomic E-state index is 11.1. The summed E-state index contributed by atoms with van der Waals surface area (Å²) in [6, 6.07) is 8.04. The maximum absolute atomic E-state index is 11.1. The highest BCUT2D eigenvalue weighted by atomic mass is 127. The first-order valence-corrected chi connectivity index (χ1v) is 6.98. The van der Waals surface area contributed by atoms with E-state index >= 15 is 0 Å². The Bertz CT molecular complexity index is 590. The number of benzene rings is 1. The molecule has 0 fully saturated rings. The summed E-state index contributed by atoms with van der Waals surface area (Å²) in [5.74, 6) is -0.970. The van der Waals surface area contributed by atoms with E-state index in [9.17, 15) is 4.79 Å². The molecule has 1 heterocycles. The van der Waals surface area contributed by atoms with Gasteiger partial charge in [-0.15, -0.1) is 5.10 Å². The minimum Gasteiger partial charge on any atom is -0.476 e. The summed E-state index contributed by atoms with van der Waals surface area (Å²) in [6.07, 6.45) is 0. The number of carbonyl (C=O) groups is 1. The van der Waals surface area contributed by atoms with Gasteiger partial charge in [0.15, 0.2) is 5.69 Å². The quantitative estimate of drug-likeness (QED) is 0.840. The Morgan fingerprint density at radius 1 is 1.37 bits per heavy atom. The van der Waals surface area contributed by atoms with E-state index in [1.54, 1.807) is 4.68 Å². The number of carboxylic acids is 1. The lowest BCUT2D eigenvalue weighted by Crippen LogP contribution is -2.10. The van der Waals surface area contributed by atoms with Gasteiger partial charge in [-0.2, -0.15) is 0 Å². The Labute approximate surface area is 124 Å². The number of hydrogen-bond acceptors (Lipinski definition) is 3. The zero-order valence-corrected chi connectivity index (χ0v) is 12.8. The van der Waals surface area contributed by atoms with Crippen LogP contribution in [0, 0.1) is 3.57 Å². The molecule has 0 saturated heterocycles. The molecule has 0 amide bonds. The summed E-state index contributed by atoms with van der Waals surface area (Å²) in [5, 5.41) is 16.8. The molecule has 0 spiro atoms. The van der Waals surface area contributed by atoms with Gasteiger partial charge in [-0.1, -0.05) is 31.2 Å². The normalized spacial score (nSPS) is 10.9. The third-order valence-electron chi connectivity index (χ3n) is 2.77. The number of hydrogen-bond donors (Lipinski definition) is 1. The number of aromatic nitrogens is 3. The molecular formula is C13H14IN3O2. The average Bonchev–Trinajstić information content (AvgIpc) is 2.76. The van der Waals surface area contributed by atoms with E-state index in [0.29, 0.717) is 12.2 Å². The summed E-state index contributed by atoms with van der Waals surface area (Å²) in [7, 11) is 0. The van der Waals surface area contributed by atoms with Crippen molar-refractivity contribution in [2.24, 2.45) is 0 Å². The first-order chi connectivity index (χ1) is 8.99. The number of aromatic carboxylic acids is 1.